The highest BCUT2D eigenvalue weighted by Gasteiger charge is 2.10. The fourth-order valence-corrected chi connectivity index (χ4v) is 1.78. The summed E-state index contributed by atoms with van der Waals surface area (Å²) in [6.07, 6.45) is 1.40. The fourth-order valence-electron chi connectivity index (χ4n) is 1.78. The number of pyridine rings is 1. The number of carboxylic acids is 1. The molecule has 4 nitrogen and oxygen atoms in total. The van der Waals surface area contributed by atoms with Crippen molar-refractivity contribution in [1.29, 1.82) is 0 Å². The number of nitrogens with zero attached hydrogens (tertiary/aromatic N) is 1. The van der Waals surface area contributed by atoms with E-state index in [1.165, 1.54) is 12.3 Å². The van der Waals surface area contributed by atoms with E-state index in [2.05, 4.69) is 0 Å². The third-order valence-corrected chi connectivity index (χ3v) is 2.77. The van der Waals surface area contributed by atoms with Crippen molar-refractivity contribution in [3.05, 3.63) is 69.6 Å². The molecule has 1 heterocycles. The maximum absolute atomic E-state index is 11.5. The van der Waals surface area contributed by atoms with Crippen LogP contribution in [0, 0.1) is 6.92 Å². The minimum absolute atomic E-state index is 0.198. The van der Waals surface area contributed by atoms with Crippen molar-refractivity contribution < 1.29 is 9.90 Å². The number of aryl methyl sites for hydroxylation is 1. The molecule has 1 N–H and O–H groups in total. The molecule has 0 radical (unpaired) electrons. The van der Waals surface area contributed by atoms with Gasteiger partial charge in [0.05, 0.1) is 0 Å². The Morgan fingerprint density at radius 2 is 1.94 bits per heavy atom. The first-order valence-electron chi connectivity index (χ1n) is 5.56. The molecule has 0 amide bonds. The summed E-state index contributed by atoms with van der Waals surface area (Å²) in [6, 6.07) is 11.0. The highest BCUT2D eigenvalue weighted by atomic mass is 16.4. The van der Waals surface area contributed by atoms with Crippen LogP contribution in [-0.4, -0.2) is 15.6 Å². The van der Waals surface area contributed by atoms with Crippen molar-refractivity contribution in [3.8, 4) is 0 Å². The van der Waals surface area contributed by atoms with E-state index in [1.54, 1.807) is 11.5 Å². The zero-order valence-electron chi connectivity index (χ0n) is 9.96. The molecule has 0 bridgehead atoms. The lowest BCUT2D eigenvalue weighted by Crippen LogP contribution is -2.19. The van der Waals surface area contributed by atoms with Gasteiger partial charge >= 0.3 is 5.97 Å². The van der Waals surface area contributed by atoms with Gasteiger partial charge in [-0.1, -0.05) is 30.3 Å². The standard InChI is InChI=1S/C14H13NO3/c1-10-7-13(16)12(14(17)18)9-15(10)8-11-5-3-2-4-6-11/h2-7,9H,8H2,1H3,(H,17,18). The van der Waals surface area contributed by atoms with Crippen LogP contribution < -0.4 is 5.43 Å². The Hall–Kier alpha value is -2.36. The second-order valence-corrected chi connectivity index (χ2v) is 4.11. The summed E-state index contributed by atoms with van der Waals surface area (Å²) in [5.41, 5.74) is 1.15. The van der Waals surface area contributed by atoms with Crippen LogP contribution in [-0.2, 0) is 6.54 Å². The Kier molecular flexibility index (Phi) is 3.28. The molecule has 0 spiro atoms. The first-order valence-corrected chi connectivity index (χ1v) is 5.56. The van der Waals surface area contributed by atoms with Crippen molar-refractivity contribution in [1.82, 2.24) is 4.57 Å². The summed E-state index contributed by atoms with van der Waals surface area (Å²) in [5.74, 6) is -1.19. The molecule has 0 fully saturated rings. The van der Waals surface area contributed by atoms with E-state index in [9.17, 15) is 9.59 Å². The van der Waals surface area contributed by atoms with Gasteiger partial charge in [-0.15, -0.1) is 0 Å². The van der Waals surface area contributed by atoms with E-state index >= 15 is 0 Å². The Morgan fingerprint density at radius 3 is 2.56 bits per heavy atom. The van der Waals surface area contributed by atoms with Crippen molar-refractivity contribution >= 4 is 5.97 Å². The first kappa shape index (κ1) is 12.1. The molecular weight excluding hydrogens is 230 g/mol. The van der Waals surface area contributed by atoms with Gasteiger partial charge in [0.2, 0.25) is 0 Å². The molecule has 2 rings (SSSR count). The van der Waals surface area contributed by atoms with Gasteiger partial charge in [0.25, 0.3) is 0 Å². The molecule has 0 saturated heterocycles. The maximum Gasteiger partial charge on any atom is 0.341 e. The van der Waals surface area contributed by atoms with Gasteiger partial charge in [0.1, 0.15) is 5.56 Å². The maximum atomic E-state index is 11.5. The second kappa shape index (κ2) is 4.87. The zero-order valence-corrected chi connectivity index (χ0v) is 9.96. The summed E-state index contributed by atoms with van der Waals surface area (Å²) in [6.45, 7) is 2.34. The van der Waals surface area contributed by atoms with Crippen LogP contribution in [0.2, 0.25) is 0 Å². The zero-order chi connectivity index (χ0) is 13.1. The van der Waals surface area contributed by atoms with Crippen LogP contribution in [0.15, 0.2) is 47.4 Å². The number of carbonyl (C=O) groups is 1. The largest absolute Gasteiger partial charge is 0.477 e. The van der Waals surface area contributed by atoms with Crippen LogP contribution in [0.5, 0.6) is 0 Å². The second-order valence-electron chi connectivity index (χ2n) is 4.11. The molecule has 4 heteroatoms. The number of hydrogen-bond acceptors (Lipinski definition) is 2. The average molecular weight is 243 g/mol. The minimum Gasteiger partial charge on any atom is -0.477 e. The Balaban J connectivity index is 2.42. The van der Waals surface area contributed by atoms with Crippen LogP contribution >= 0.6 is 0 Å². The van der Waals surface area contributed by atoms with Crippen LogP contribution in [0.1, 0.15) is 21.6 Å². The molecule has 92 valence electrons. The normalized spacial score (nSPS) is 10.3. The molecule has 2 aromatic rings. The van der Waals surface area contributed by atoms with Gasteiger partial charge in [0, 0.05) is 24.5 Å². The van der Waals surface area contributed by atoms with E-state index in [0.717, 1.165) is 11.3 Å². The molecule has 0 aliphatic rings. The topological polar surface area (TPSA) is 59.3 Å². The van der Waals surface area contributed by atoms with E-state index in [-0.39, 0.29) is 5.56 Å². The van der Waals surface area contributed by atoms with Gasteiger partial charge in [0.15, 0.2) is 5.43 Å². The number of hydrogen-bond donors (Lipinski definition) is 1. The molecule has 0 saturated carbocycles. The lowest BCUT2D eigenvalue weighted by Gasteiger charge is -2.11. The molecule has 0 unspecified atom stereocenters. The SMILES string of the molecule is Cc1cc(=O)c(C(=O)O)cn1Cc1ccccc1. The van der Waals surface area contributed by atoms with E-state index < -0.39 is 11.4 Å². The monoisotopic (exact) mass is 243 g/mol. The van der Waals surface area contributed by atoms with Crippen molar-refractivity contribution in [2.75, 3.05) is 0 Å². The Morgan fingerprint density at radius 1 is 1.28 bits per heavy atom. The Bertz CT molecular complexity index is 629. The highest BCUT2D eigenvalue weighted by Crippen LogP contribution is 2.06. The predicted octanol–water partition coefficient (Wildman–Crippen LogP) is 1.90. The summed E-state index contributed by atoms with van der Waals surface area (Å²) in [4.78, 5) is 22.4. The van der Waals surface area contributed by atoms with Crippen LogP contribution in [0.4, 0.5) is 0 Å². The number of carboxylic acid groups (broad SMARTS) is 1. The molecule has 1 aromatic carbocycles. The summed E-state index contributed by atoms with van der Waals surface area (Å²) < 4.78 is 1.76. The summed E-state index contributed by atoms with van der Waals surface area (Å²) in [5, 5.41) is 8.93. The van der Waals surface area contributed by atoms with Crippen molar-refractivity contribution in [2.45, 2.75) is 13.5 Å². The Labute approximate surface area is 104 Å². The van der Waals surface area contributed by atoms with Crippen LogP contribution in [0.3, 0.4) is 0 Å². The van der Waals surface area contributed by atoms with E-state index in [1.807, 2.05) is 30.3 Å². The fraction of sp³-hybridized carbons (Fsp3) is 0.143. The average Bonchev–Trinajstić information content (AvgIpc) is 2.33. The van der Waals surface area contributed by atoms with E-state index in [4.69, 9.17) is 5.11 Å². The van der Waals surface area contributed by atoms with Crippen molar-refractivity contribution in [2.24, 2.45) is 0 Å². The number of rotatable bonds is 3. The lowest BCUT2D eigenvalue weighted by molar-refractivity contribution is 0.0694. The van der Waals surface area contributed by atoms with Crippen molar-refractivity contribution in [3.63, 3.8) is 0 Å². The number of aromatic carboxylic acids is 1. The number of aromatic nitrogens is 1. The molecule has 0 aliphatic carbocycles. The van der Waals surface area contributed by atoms with Gasteiger partial charge in [-0.2, -0.15) is 0 Å². The minimum atomic E-state index is -1.19. The predicted molar refractivity (Wildman–Crippen MR) is 67.9 cm³/mol. The van der Waals surface area contributed by atoms with E-state index in [0.29, 0.717) is 6.54 Å². The lowest BCUT2D eigenvalue weighted by atomic mass is 10.2. The van der Waals surface area contributed by atoms with Gasteiger partial charge in [-0.05, 0) is 12.5 Å². The van der Waals surface area contributed by atoms with Gasteiger partial charge < -0.3 is 9.67 Å². The van der Waals surface area contributed by atoms with Crippen LogP contribution in [0.25, 0.3) is 0 Å². The third kappa shape index (κ3) is 2.48. The molecule has 0 atom stereocenters. The molecule has 0 aliphatic heterocycles. The molecule has 18 heavy (non-hydrogen) atoms. The van der Waals surface area contributed by atoms with Gasteiger partial charge in [-0.25, -0.2) is 4.79 Å². The third-order valence-electron chi connectivity index (χ3n) is 2.77. The molecular formula is C14H13NO3. The van der Waals surface area contributed by atoms with Gasteiger partial charge in [-0.3, -0.25) is 4.79 Å². The number of benzene rings is 1. The smallest absolute Gasteiger partial charge is 0.341 e. The first-order chi connectivity index (χ1) is 8.58. The summed E-state index contributed by atoms with van der Waals surface area (Å²) >= 11 is 0. The highest BCUT2D eigenvalue weighted by molar-refractivity contribution is 5.87. The molecule has 1 aromatic heterocycles. The quantitative estimate of drug-likeness (QED) is 0.895. The summed E-state index contributed by atoms with van der Waals surface area (Å²) in [7, 11) is 0.